The molecule has 0 saturated heterocycles. The van der Waals surface area contributed by atoms with Gasteiger partial charge in [0, 0.05) is 21.8 Å². The minimum absolute atomic E-state index is 0.0413. The van der Waals surface area contributed by atoms with E-state index in [-0.39, 0.29) is 12.2 Å². The van der Waals surface area contributed by atoms with E-state index in [9.17, 15) is 9.59 Å². The molecule has 0 spiro atoms. The summed E-state index contributed by atoms with van der Waals surface area (Å²) in [6.07, 6.45) is 5.26. The molecular weight excluding hydrogens is 640 g/mol. The van der Waals surface area contributed by atoms with Crippen molar-refractivity contribution in [3.05, 3.63) is 144 Å². The lowest BCUT2D eigenvalue weighted by Crippen LogP contribution is -2.39. The van der Waals surface area contributed by atoms with Crippen molar-refractivity contribution in [2.75, 3.05) is 13.7 Å². The van der Waals surface area contributed by atoms with Crippen molar-refractivity contribution in [2.45, 2.75) is 13.0 Å². The monoisotopic (exact) mass is 666 g/mol. The molecule has 0 saturated carbocycles. The lowest BCUT2D eigenvalue weighted by Gasteiger charge is -2.24. The van der Waals surface area contributed by atoms with E-state index in [0.717, 1.165) is 32.5 Å². The molecule has 0 fully saturated rings. The topological polar surface area (TPSA) is 87.7 Å². The molecule has 8 nitrogen and oxygen atoms in total. The highest BCUT2D eigenvalue weighted by molar-refractivity contribution is 9.10. The fraction of sp³-hybridized carbons (Fsp3) is 0.118. The van der Waals surface area contributed by atoms with Crippen LogP contribution in [0.25, 0.3) is 23.0 Å². The maximum atomic E-state index is 14.2. The number of ether oxygens (including phenoxy) is 2. The zero-order chi connectivity index (χ0) is 30.8. The minimum atomic E-state index is -0.741. The van der Waals surface area contributed by atoms with E-state index in [2.05, 4.69) is 22.5 Å². The highest BCUT2D eigenvalue weighted by Gasteiger charge is 2.33. The van der Waals surface area contributed by atoms with Crippen LogP contribution in [-0.4, -0.2) is 34.0 Å². The second-order valence-corrected chi connectivity index (χ2v) is 11.9. The first-order valence-electron chi connectivity index (χ1n) is 13.7. The number of benzene rings is 3. The number of allylic oxidation sites excluding steroid dienone is 1. The minimum Gasteiger partial charge on any atom is -0.497 e. The second kappa shape index (κ2) is 12.4. The Balaban J connectivity index is 1.54. The number of carbonyl (C=O) groups excluding carboxylic acids is 1. The number of carbonyl (C=O) groups is 1. The number of para-hydroxylation sites is 1. The average molecular weight is 668 g/mol. The Morgan fingerprint density at radius 1 is 1.07 bits per heavy atom. The van der Waals surface area contributed by atoms with Gasteiger partial charge in [-0.15, -0.1) is 0 Å². The molecule has 1 aliphatic heterocycles. The first-order valence-corrected chi connectivity index (χ1v) is 15.3. The Kier molecular flexibility index (Phi) is 8.28. The summed E-state index contributed by atoms with van der Waals surface area (Å²) in [7, 11) is 1.59. The number of hydrogen-bond donors (Lipinski definition) is 0. The van der Waals surface area contributed by atoms with Crippen LogP contribution in [0.4, 0.5) is 0 Å². The molecule has 0 radical (unpaired) electrons. The summed E-state index contributed by atoms with van der Waals surface area (Å²) in [5.41, 5.74) is 4.53. The molecule has 0 bridgehead atoms. The number of esters is 1. The molecule has 0 amide bonds. The highest BCUT2D eigenvalue weighted by atomic mass is 79.9. The molecule has 2 aromatic heterocycles. The first kappa shape index (κ1) is 29.3. The van der Waals surface area contributed by atoms with Gasteiger partial charge in [0.25, 0.3) is 5.56 Å². The molecule has 5 aromatic rings. The number of thiazole rings is 1. The molecule has 1 atom stereocenters. The fourth-order valence-electron chi connectivity index (χ4n) is 5.08. The number of methoxy groups -OCH3 is 1. The summed E-state index contributed by atoms with van der Waals surface area (Å²) in [4.78, 5) is 32.7. The molecule has 10 heteroatoms. The van der Waals surface area contributed by atoms with Crippen molar-refractivity contribution in [3.8, 4) is 22.7 Å². The largest absolute Gasteiger partial charge is 0.497 e. The van der Waals surface area contributed by atoms with E-state index in [1.165, 1.54) is 17.4 Å². The second-order valence-electron chi connectivity index (χ2n) is 9.96. The molecule has 1 unspecified atom stereocenters. The van der Waals surface area contributed by atoms with Crippen LogP contribution in [0.5, 0.6) is 5.75 Å². The van der Waals surface area contributed by atoms with E-state index >= 15 is 0 Å². The highest BCUT2D eigenvalue weighted by Crippen LogP contribution is 2.32. The van der Waals surface area contributed by atoms with Crippen molar-refractivity contribution in [2.24, 2.45) is 4.99 Å². The predicted molar refractivity (Wildman–Crippen MR) is 175 cm³/mol. The molecule has 3 aromatic carbocycles. The van der Waals surface area contributed by atoms with E-state index < -0.39 is 12.0 Å². The van der Waals surface area contributed by atoms with Crippen LogP contribution < -0.4 is 19.6 Å². The summed E-state index contributed by atoms with van der Waals surface area (Å²) in [6.45, 7) is 5.44. The fourth-order valence-corrected chi connectivity index (χ4v) is 6.38. The van der Waals surface area contributed by atoms with Gasteiger partial charge in [0.15, 0.2) is 4.80 Å². The number of aromatic nitrogens is 3. The van der Waals surface area contributed by atoms with Crippen LogP contribution in [-0.2, 0) is 9.53 Å². The maximum absolute atomic E-state index is 14.2. The molecule has 1 aliphatic rings. The number of rotatable bonds is 8. The van der Waals surface area contributed by atoms with Gasteiger partial charge in [-0.05, 0) is 55.0 Å². The van der Waals surface area contributed by atoms with Crippen molar-refractivity contribution in [1.29, 1.82) is 0 Å². The van der Waals surface area contributed by atoms with Gasteiger partial charge in [0.05, 0.1) is 40.3 Å². The maximum Gasteiger partial charge on any atom is 0.338 e. The number of halogens is 1. The first-order chi connectivity index (χ1) is 21.4. The van der Waals surface area contributed by atoms with Gasteiger partial charge in [-0.1, -0.05) is 82.4 Å². The van der Waals surface area contributed by atoms with E-state index in [1.54, 1.807) is 35.4 Å². The van der Waals surface area contributed by atoms with Gasteiger partial charge >= 0.3 is 5.97 Å². The molecule has 44 heavy (non-hydrogen) atoms. The average Bonchev–Trinajstić information content (AvgIpc) is 3.60. The van der Waals surface area contributed by atoms with E-state index in [4.69, 9.17) is 19.6 Å². The van der Waals surface area contributed by atoms with Gasteiger partial charge in [0.1, 0.15) is 12.4 Å². The Bertz CT molecular complexity index is 2080. The molecule has 220 valence electrons. The van der Waals surface area contributed by atoms with Crippen molar-refractivity contribution < 1.29 is 14.3 Å². The standard InChI is InChI=1S/C34H27BrN4O4S/c1-4-18-43-33(41)29-21(2)36-34-39(31(29)23-12-16-27(42-3)17-13-23)32(40)28(44-34)19-24-20-38(26-8-6-5-7-9-26)37-30(24)22-10-14-25(35)15-11-22/h4-17,19-20,31H,1,18H2,2-3H3/b28-19-. The van der Waals surface area contributed by atoms with Gasteiger partial charge in [0.2, 0.25) is 0 Å². The molecule has 3 heterocycles. The van der Waals surface area contributed by atoms with Crippen molar-refractivity contribution in [3.63, 3.8) is 0 Å². The van der Waals surface area contributed by atoms with Crippen LogP contribution in [0.3, 0.4) is 0 Å². The number of nitrogens with zero attached hydrogens (tertiary/aromatic N) is 4. The normalized spacial score (nSPS) is 14.6. The molecule has 0 N–H and O–H groups in total. The Labute approximate surface area is 265 Å². The zero-order valence-electron chi connectivity index (χ0n) is 23.9. The Hall–Kier alpha value is -4.80. The summed E-state index contributed by atoms with van der Waals surface area (Å²) in [5, 5.41) is 4.90. The Morgan fingerprint density at radius 3 is 2.48 bits per heavy atom. The van der Waals surface area contributed by atoms with Crippen LogP contribution in [0.1, 0.15) is 24.1 Å². The predicted octanol–water partition coefficient (Wildman–Crippen LogP) is 5.59. The summed E-state index contributed by atoms with van der Waals surface area (Å²) in [6, 6.07) is 24.2. The van der Waals surface area contributed by atoms with Crippen molar-refractivity contribution in [1.82, 2.24) is 14.3 Å². The van der Waals surface area contributed by atoms with Gasteiger partial charge in [-0.25, -0.2) is 14.5 Å². The molecule has 6 rings (SSSR count). The van der Waals surface area contributed by atoms with Gasteiger partial charge in [-0.2, -0.15) is 5.10 Å². The summed E-state index contributed by atoms with van der Waals surface area (Å²) in [5.74, 6) is 0.108. The lowest BCUT2D eigenvalue weighted by molar-refractivity contribution is -0.138. The molecular formula is C34H27BrN4O4S. The summed E-state index contributed by atoms with van der Waals surface area (Å²) < 4.78 is 15.6. The number of fused-ring (bicyclic) bond motifs is 1. The van der Waals surface area contributed by atoms with E-state index in [0.29, 0.717) is 26.4 Å². The number of hydrogen-bond acceptors (Lipinski definition) is 7. The zero-order valence-corrected chi connectivity index (χ0v) is 26.3. The van der Waals surface area contributed by atoms with Crippen molar-refractivity contribution >= 4 is 39.3 Å². The van der Waals surface area contributed by atoms with Crippen LogP contribution in [0.2, 0.25) is 0 Å². The van der Waals surface area contributed by atoms with Crippen LogP contribution in [0, 0.1) is 0 Å². The van der Waals surface area contributed by atoms with E-state index in [1.807, 2.05) is 79.0 Å². The van der Waals surface area contributed by atoms with Crippen LogP contribution in [0.15, 0.2) is 123 Å². The lowest BCUT2D eigenvalue weighted by atomic mass is 9.96. The third kappa shape index (κ3) is 5.61. The summed E-state index contributed by atoms with van der Waals surface area (Å²) >= 11 is 4.77. The third-order valence-electron chi connectivity index (χ3n) is 7.17. The quantitative estimate of drug-likeness (QED) is 0.159. The SMILES string of the molecule is C=CCOC(=O)C1=C(C)N=c2s/c(=C\c3cn(-c4ccccc4)nc3-c3ccc(Br)cc3)c(=O)n2C1c1ccc(OC)cc1. The Morgan fingerprint density at radius 2 is 1.80 bits per heavy atom. The van der Waals surface area contributed by atoms with Crippen LogP contribution >= 0.6 is 27.3 Å². The molecule has 0 aliphatic carbocycles. The van der Waals surface area contributed by atoms with Gasteiger partial charge < -0.3 is 9.47 Å². The van der Waals surface area contributed by atoms with Gasteiger partial charge in [-0.3, -0.25) is 9.36 Å². The third-order valence-corrected chi connectivity index (χ3v) is 8.68. The smallest absolute Gasteiger partial charge is 0.338 e.